The summed E-state index contributed by atoms with van der Waals surface area (Å²) in [5.41, 5.74) is 2.76. The molecule has 35 heavy (non-hydrogen) atoms. The molecule has 0 saturated carbocycles. The lowest BCUT2D eigenvalue weighted by molar-refractivity contribution is -0.122. The Morgan fingerprint density at radius 2 is 1.86 bits per heavy atom. The number of anilines is 1. The van der Waals surface area contributed by atoms with E-state index in [1.54, 1.807) is 30.3 Å². The van der Waals surface area contributed by atoms with Gasteiger partial charge in [-0.3, -0.25) is 14.9 Å². The molecule has 1 aliphatic rings. The van der Waals surface area contributed by atoms with Crippen molar-refractivity contribution in [1.29, 1.82) is 0 Å². The zero-order chi connectivity index (χ0) is 25.4. The molecule has 10 heteroatoms. The van der Waals surface area contributed by atoms with E-state index in [4.69, 9.17) is 28.6 Å². The summed E-state index contributed by atoms with van der Waals surface area (Å²) in [6.07, 6.45) is 1.44. The lowest BCUT2D eigenvalue weighted by atomic mass is 10.1. The number of halogens is 2. The fourth-order valence-corrected chi connectivity index (χ4v) is 4.44. The summed E-state index contributed by atoms with van der Waals surface area (Å²) in [4.78, 5) is 38.7. The predicted molar refractivity (Wildman–Crippen MR) is 134 cm³/mol. The number of benzene rings is 2. The molecule has 0 atom stereocenters. The fraction of sp³-hybridized carbons (Fsp3) is 0.120. The molecule has 0 aliphatic carbocycles. The number of aryl methyl sites for hydroxylation is 1. The van der Waals surface area contributed by atoms with Crippen LogP contribution in [0.25, 0.3) is 11.8 Å². The fourth-order valence-electron chi connectivity index (χ4n) is 3.91. The third-order valence-corrected chi connectivity index (χ3v) is 6.18. The standard InChI is InChI=1S/C25H19ClFN3O4S/c1-13-10-15(14(2)29(13)16-8-9-17(19(26)12-16)24(33)34-3)11-18-22(31)28-25(35)30(23(18)32)21-7-5-4-6-20(21)27/h4-12H,1-3H3,(H,28,31,35)/b18-11+. The van der Waals surface area contributed by atoms with Crippen LogP contribution in [0, 0.1) is 19.7 Å². The number of rotatable bonds is 4. The van der Waals surface area contributed by atoms with Gasteiger partial charge in [-0.2, -0.15) is 0 Å². The highest BCUT2D eigenvalue weighted by molar-refractivity contribution is 7.80. The number of hydrogen-bond donors (Lipinski definition) is 1. The van der Waals surface area contributed by atoms with Crippen LogP contribution in [0.3, 0.4) is 0 Å². The van der Waals surface area contributed by atoms with Crippen LogP contribution in [0.1, 0.15) is 27.3 Å². The molecule has 2 heterocycles. The Kier molecular flexibility index (Phi) is 6.56. The third-order valence-electron chi connectivity index (χ3n) is 5.58. The van der Waals surface area contributed by atoms with Crippen molar-refractivity contribution in [2.75, 3.05) is 12.0 Å². The molecule has 2 aromatic carbocycles. The first-order valence-electron chi connectivity index (χ1n) is 10.4. The zero-order valence-corrected chi connectivity index (χ0v) is 20.5. The summed E-state index contributed by atoms with van der Waals surface area (Å²) in [7, 11) is 1.27. The average molecular weight is 512 g/mol. The molecule has 1 saturated heterocycles. The minimum absolute atomic E-state index is 0.0563. The number of para-hydroxylation sites is 1. The summed E-state index contributed by atoms with van der Waals surface area (Å²) in [6, 6.07) is 12.4. The Morgan fingerprint density at radius 3 is 2.51 bits per heavy atom. The van der Waals surface area contributed by atoms with E-state index in [0.717, 1.165) is 10.6 Å². The summed E-state index contributed by atoms with van der Waals surface area (Å²) in [5, 5.41) is 2.47. The molecular weight excluding hydrogens is 493 g/mol. The quantitative estimate of drug-likeness (QED) is 0.241. The van der Waals surface area contributed by atoms with Crippen LogP contribution in [0.15, 0.2) is 54.1 Å². The van der Waals surface area contributed by atoms with Crippen molar-refractivity contribution < 1.29 is 23.5 Å². The van der Waals surface area contributed by atoms with Gasteiger partial charge in [-0.15, -0.1) is 0 Å². The molecule has 7 nitrogen and oxygen atoms in total. The van der Waals surface area contributed by atoms with Gasteiger partial charge in [0.2, 0.25) is 0 Å². The number of aromatic nitrogens is 1. The number of ether oxygens (including phenoxy) is 1. The van der Waals surface area contributed by atoms with Gasteiger partial charge in [0.25, 0.3) is 11.8 Å². The molecule has 1 aromatic heterocycles. The van der Waals surface area contributed by atoms with Crippen LogP contribution in [-0.4, -0.2) is 34.6 Å². The van der Waals surface area contributed by atoms with Crippen molar-refractivity contribution in [2.24, 2.45) is 0 Å². The van der Waals surface area contributed by atoms with Crippen LogP contribution in [0.2, 0.25) is 5.02 Å². The smallest absolute Gasteiger partial charge is 0.339 e. The van der Waals surface area contributed by atoms with Crippen molar-refractivity contribution in [3.8, 4) is 5.69 Å². The van der Waals surface area contributed by atoms with Gasteiger partial charge in [0.1, 0.15) is 11.4 Å². The molecule has 178 valence electrons. The van der Waals surface area contributed by atoms with Gasteiger partial charge in [-0.25, -0.2) is 14.1 Å². The van der Waals surface area contributed by atoms with Crippen LogP contribution < -0.4 is 10.2 Å². The number of nitrogens with one attached hydrogen (secondary N) is 1. The number of nitrogens with zero attached hydrogens (tertiary/aromatic N) is 2. The largest absolute Gasteiger partial charge is 0.465 e. The molecule has 4 rings (SSSR count). The average Bonchev–Trinajstić information content (AvgIpc) is 3.09. The van der Waals surface area contributed by atoms with Gasteiger partial charge in [0.15, 0.2) is 5.11 Å². The Morgan fingerprint density at radius 1 is 1.14 bits per heavy atom. The van der Waals surface area contributed by atoms with E-state index in [1.807, 2.05) is 18.4 Å². The summed E-state index contributed by atoms with van der Waals surface area (Å²) in [6.45, 7) is 3.66. The van der Waals surface area contributed by atoms with E-state index in [-0.39, 0.29) is 27.0 Å². The van der Waals surface area contributed by atoms with Crippen molar-refractivity contribution in [2.45, 2.75) is 13.8 Å². The van der Waals surface area contributed by atoms with Crippen molar-refractivity contribution >= 4 is 58.5 Å². The van der Waals surface area contributed by atoms with E-state index in [2.05, 4.69) is 5.32 Å². The number of thiocarbonyl (C=S) groups is 1. The maximum absolute atomic E-state index is 14.4. The van der Waals surface area contributed by atoms with Gasteiger partial charge in [-0.05, 0) is 74.1 Å². The Bertz CT molecular complexity index is 1450. The number of esters is 1. The van der Waals surface area contributed by atoms with Crippen molar-refractivity contribution in [3.63, 3.8) is 0 Å². The molecule has 1 N–H and O–H groups in total. The van der Waals surface area contributed by atoms with Gasteiger partial charge < -0.3 is 9.30 Å². The maximum atomic E-state index is 14.4. The van der Waals surface area contributed by atoms with E-state index < -0.39 is 23.6 Å². The number of amides is 2. The molecule has 0 spiro atoms. The minimum Gasteiger partial charge on any atom is -0.465 e. The van der Waals surface area contributed by atoms with E-state index in [1.165, 1.54) is 31.4 Å². The van der Waals surface area contributed by atoms with Crippen LogP contribution in [0.4, 0.5) is 10.1 Å². The molecule has 0 unspecified atom stereocenters. The molecule has 0 radical (unpaired) electrons. The minimum atomic E-state index is -0.737. The SMILES string of the molecule is COC(=O)c1ccc(-n2c(C)cc(/C=C3\C(=O)NC(=S)N(c4ccccc4F)C3=O)c2C)cc1Cl. The van der Waals surface area contributed by atoms with Crippen molar-refractivity contribution in [3.05, 3.63) is 87.5 Å². The number of carbonyl (C=O) groups excluding carboxylic acids is 3. The molecule has 0 bridgehead atoms. The Hall–Kier alpha value is -3.82. The van der Waals surface area contributed by atoms with Gasteiger partial charge >= 0.3 is 5.97 Å². The first-order chi connectivity index (χ1) is 16.6. The topological polar surface area (TPSA) is 80.6 Å². The molecular formula is C25H19ClFN3O4S. The first-order valence-corrected chi connectivity index (χ1v) is 11.2. The molecule has 1 aliphatic heterocycles. The monoisotopic (exact) mass is 511 g/mol. The Balaban J connectivity index is 1.76. The number of hydrogen-bond acceptors (Lipinski definition) is 5. The lowest BCUT2D eigenvalue weighted by Crippen LogP contribution is -2.54. The second-order valence-corrected chi connectivity index (χ2v) is 8.52. The predicted octanol–water partition coefficient (Wildman–Crippen LogP) is 4.50. The third kappa shape index (κ3) is 4.36. The van der Waals surface area contributed by atoms with Gasteiger partial charge in [-0.1, -0.05) is 23.7 Å². The molecule has 2 amide bonds. The van der Waals surface area contributed by atoms with E-state index >= 15 is 0 Å². The van der Waals surface area contributed by atoms with E-state index in [9.17, 15) is 18.8 Å². The van der Waals surface area contributed by atoms with Gasteiger partial charge in [0.05, 0.1) is 23.4 Å². The highest BCUT2D eigenvalue weighted by Crippen LogP contribution is 2.29. The van der Waals surface area contributed by atoms with Gasteiger partial charge in [0, 0.05) is 17.1 Å². The highest BCUT2D eigenvalue weighted by Gasteiger charge is 2.36. The van der Waals surface area contributed by atoms with Crippen LogP contribution >= 0.6 is 23.8 Å². The second-order valence-electron chi connectivity index (χ2n) is 7.73. The highest BCUT2D eigenvalue weighted by atomic mass is 35.5. The van der Waals surface area contributed by atoms with Crippen LogP contribution in [0.5, 0.6) is 0 Å². The van der Waals surface area contributed by atoms with Crippen LogP contribution in [-0.2, 0) is 14.3 Å². The molecule has 3 aromatic rings. The maximum Gasteiger partial charge on any atom is 0.339 e. The van der Waals surface area contributed by atoms with E-state index in [0.29, 0.717) is 16.9 Å². The summed E-state index contributed by atoms with van der Waals surface area (Å²) < 4.78 is 21.0. The summed E-state index contributed by atoms with van der Waals surface area (Å²) >= 11 is 11.4. The Labute approximate surface area is 210 Å². The number of methoxy groups -OCH3 is 1. The summed E-state index contributed by atoms with van der Waals surface area (Å²) in [5.74, 6) is -2.61. The number of carbonyl (C=O) groups is 3. The first kappa shape index (κ1) is 24.3. The van der Waals surface area contributed by atoms with Crippen molar-refractivity contribution in [1.82, 2.24) is 9.88 Å². The molecule has 1 fully saturated rings. The second kappa shape index (κ2) is 9.44. The normalized spacial score (nSPS) is 14.9. The lowest BCUT2D eigenvalue weighted by Gasteiger charge is -2.29. The zero-order valence-electron chi connectivity index (χ0n) is 18.9.